The predicted molar refractivity (Wildman–Crippen MR) is 87.2 cm³/mol. The minimum absolute atomic E-state index is 0.900. The van der Waals surface area contributed by atoms with Crippen LogP contribution in [0.15, 0.2) is 36.4 Å². The Bertz CT molecular complexity index is 547. The molecule has 0 heterocycles. The molecule has 0 unspecified atom stereocenters. The second kappa shape index (κ2) is 6.58. The first-order chi connectivity index (χ1) is 9.60. The van der Waals surface area contributed by atoms with Gasteiger partial charge >= 0.3 is 0 Å². The van der Waals surface area contributed by atoms with E-state index in [1.54, 1.807) is 0 Å². The van der Waals surface area contributed by atoms with Crippen LogP contribution in [0.3, 0.4) is 0 Å². The van der Waals surface area contributed by atoms with Crippen LogP contribution in [0.1, 0.15) is 27.8 Å². The second-order valence-electron chi connectivity index (χ2n) is 5.43. The van der Waals surface area contributed by atoms with Crippen molar-refractivity contribution in [3.8, 4) is 0 Å². The molecule has 2 heteroatoms. The van der Waals surface area contributed by atoms with Gasteiger partial charge in [-0.1, -0.05) is 29.8 Å². The van der Waals surface area contributed by atoms with E-state index in [0.717, 1.165) is 18.8 Å². The lowest BCUT2D eigenvalue weighted by Crippen LogP contribution is -2.14. The molecule has 2 N–H and O–H groups in total. The smallest absolute Gasteiger partial charge is 0.0337 e. The monoisotopic (exact) mass is 268 g/mol. The molecule has 0 aliphatic rings. The summed E-state index contributed by atoms with van der Waals surface area (Å²) in [7, 11) is 1.94. The third-order valence-electron chi connectivity index (χ3n) is 3.71. The number of aryl methyl sites for hydroxylation is 3. The minimum atomic E-state index is 0.900. The Balaban J connectivity index is 1.95. The maximum absolute atomic E-state index is 3.54. The molecule has 0 spiro atoms. The summed E-state index contributed by atoms with van der Waals surface area (Å²) in [5.74, 6) is 0. The molecular formula is C18H24N2. The van der Waals surface area contributed by atoms with Gasteiger partial charge in [-0.3, -0.25) is 0 Å². The molecule has 0 aliphatic carbocycles. The van der Waals surface area contributed by atoms with Crippen molar-refractivity contribution in [1.29, 1.82) is 0 Å². The molecule has 0 bridgehead atoms. The van der Waals surface area contributed by atoms with Crippen molar-refractivity contribution < 1.29 is 0 Å². The quantitative estimate of drug-likeness (QED) is 0.858. The van der Waals surface area contributed by atoms with Gasteiger partial charge in [0.05, 0.1) is 0 Å². The zero-order valence-corrected chi connectivity index (χ0v) is 12.9. The molecule has 2 nitrogen and oxygen atoms in total. The van der Waals surface area contributed by atoms with Crippen molar-refractivity contribution in [3.05, 3.63) is 64.2 Å². The number of hydrogen-bond donors (Lipinski definition) is 2. The van der Waals surface area contributed by atoms with Gasteiger partial charge in [0.15, 0.2) is 0 Å². The van der Waals surface area contributed by atoms with E-state index in [1.165, 1.54) is 27.8 Å². The van der Waals surface area contributed by atoms with E-state index in [2.05, 4.69) is 67.8 Å². The van der Waals surface area contributed by atoms with Crippen LogP contribution in [0.25, 0.3) is 0 Å². The van der Waals surface area contributed by atoms with Crippen LogP contribution in [0.2, 0.25) is 0 Å². The van der Waals surface area contributed by atoms with Crippen molar-refractivity contribution in [3.63, 3.8) is 0 Å². The molecule has 0 aromatic heterocycles. The standard InChI is InChI=1S/C18H24N2/c1-13-9-14(2)18(15(3)10-13)12-20-11-16-5-7-17(19-4)8-6-16/h5-10,19-20H,11-12H2,1-4H3. The first kappa shape index (κ1) is 14.6. The Kier molecular flexibility index (Phi) is 4.80. The average Bonchev–Trinajstić information content (AvgIpc) is 2.42. The first-order valence-corrected chi connectivity index (χ1v) is 7.14. The van der Waals surface area contributed by atoms with Crippen LogP contribution in [-0.4, -0.2) is 7.05 Å². The Morgan fingerprint density at radius 2 is 1.45 bits per heavy atom. The highest BCUT2D eigenvalue weighted by Gasteiger charge is 2.03. The molecule has 0 fully saturated rings. The van der Waals surface area contributed by atoms with Crippen molar-refractivity contribution in [2.24, 2.45) is 0 Å². The van der Waals surface area contributed by atoms with Gasteiger partial charge in [0.2, 0.25) is 0 Å². The lowest BCUT2D eigenvalue weighted by Gasteiger charge is -2.12. The van der Waals surface area contributed by atoms with Crippen molar-refractivity contribution in [2.75, 3.05) is 12.4 Å². The van der Waals surface area contributed by atoms with Gasteiger partial charge < -0.3 is 10.6 Å². The zero-order valence-electron chi connectivity index (χ0n) is 12.9. The highest BCUT2D eigenvalue weighted by molar-refractivity contribution is 5.43. The highest BCUT2D eigenvalue weighted by atomic mass is 14.8. The summed E-state index contributed by atoms with van der Waals surface area (Å²) < 4.78 is 0. The SMILES string of the molecule is CNc1ccc(CNCc2c(C)cc(C)cc2C)cc1. The molecule has 0 aliphatic heterocycles. The fourth-order valence-electron chi connectivity index (χ4n) is 2.61. The summed E-state index contributed by atoms with van der Waals surface area (Å²) in [6, 6.07) is 13.1. The maximum atomic E-state index is 3.54. The number of hydrogen-bond acceptors (Lipinski definition) is 2. The Morgan fingerprint density at radius 1 is 0.850 bits per heavy atom. The summed E-state index contributed by atoms with van der Waals surface area (Å²) in [6.07, 6.45) is 0. The van der Waals surface area contributed by atoms with E-state index in [1.807, 2.05) is 7.05 Å². The maximum Gasteiger partial charge on any atom is 0.0337 e. The average molecular weight is 268 g/mol. The van der Waals surface area contributed by atoms with E-state index in [4.69, 9.17) is 0 Å². The second-order valence-corrected chi connectivity index (χ2v) is 5.43. The van der Waals surface area contributed by atoms with Crippen LogP contribution in [0, 0.1) is 20.8 Å². The minimum Gasteiger partial charge on any atom is -0.388 e. The van der Waals surface area contributed by atoms with Gasteiger partial charge in [0.25, 0.3) is 0 Å². The lowest BCUT2D eigenvalue weighted by molar-refractivity contribution is 0.687. The highest BCUT2D eigenvalue weighted by Crippen LogP contribution is 2.16. The summed E-state index contributed by atoms with van der Waals surface area (Å²) in [4.78, 5) is 0. The molecular weight excluding hydrogens is 244 g/mol. The van der Waals surface area contributed by atoms with E-state index in [0.29, 0.717) is 0 Å². The molecule has 0 amide bonds. The van der Waals surface area contributed by atoms with E-state index < -0.39 is 0 Å². The number of rotatable bonds is 5. The predicted octanol–water partition coefficient (Wildman–Crippen LogP) is 3.94. The van der Waals surface area contributed by atoms with Crippen molar-refractivity contribution in [1.82, 2.24) is 5.32 Å². The van der Waals surface area contributed by atoms with Gasteiger partial charge in [-0.2, -0.15) is 0 Å². The molecule has 2 aromatic carbocycles. The Hall–Kier alpha value is -1.80. The lowest BCUT2D eigenvalue weighted by atomic mass is 10.00. The molecule has 0 atom stereocenters. The van der Waals surface area contributed by atoms with E-state index in [9.17, 15) is 0 Å². The van der Waals surface area contributed by atoms with Gasteiger partial charge in [0, 0.05) is 25.8 Å². The summed E-state index contributed by atoms with van der Waals surface area (Å²) in [5, 5.41) is 6.67. The van der Waals surface area contributed by atoms with Crippen molar-refractivity contribution in [2.45, 2.75) is 33.9 Å². The van der Waals surface area contributed by atoms with Gasteiger partial charge in [-0.25, -0.2) is 0 Å². The molecule has 0 radical (unpaired) electrons. The van der Waals surface area contributed by atoms with Crippen molar-refractivity contribution >= 4 is 5.69 Å². The zero-order chi connectivity index (χ0) is 14.5. The fraction of sp³-hybridized carbons (Fsp3) is 0.333. The fourth-order valence-corrected chi connectivity index (χ4v) is 2.61. The normalized spacial score (nSPS) is 10.6. The summed E-state index contributed by atoms with van der Waals surface area (Å²) in [5.41, 5.74) is 7.97. The van der Waals surface area contributed by atoms with Crippen LogP contribution >= 0.6 is 0 Å². The summed E-state index contributed by atoms with van der Waals surface area (Å²) in [6.45, 7) is 8.36. The largest absolute Gasteiger partial charge is 0.388 e. The van der Waals surface area contributed by atoms with Crippen LogP contribution in [0.4, 0.5) is 5.69 Å². The summed E-state index contributed by atoms with van der Waals surface area (Å²) >= 11 is 0. The van der Waals surface area contributed by atoms with Crippen LogP contribution in [-0.2, 0) is 13.1 Å². The number of anilines is 1. The van der Waals surface area contributed by atoms with Crippen LogP contribution in [0.5, 0.6) is 0 Å². The van der Waals surface area contributed by atoms with Crippen LogP contribution < -0.4 is 10.6 Å². The topological polar surface area (TPSA) is 24.1 Å². The third kappa shape index (κ3) is 3.61. The van der Waals surface area contributed by atoms with Gasteiger partial charge in [-0.15, -0.1) is 0 Å². The van der Waals surface area contributed by atoms with E-state index in [-0.39, 0.29) is 0 Å². The first-order valence-electron chi connectivity index (χ1n) is 7.14. The molecule has 2 aromatic rings. The third-order valence-corrected chi connectivity index (χ3v) is 3.71. The number of nitrogens with one attached hydrogen (secondary N) is 2. The van der Waals surface area contributed by atoms with Gasteiger partial charge in [-0.05, 0) is 55.2 Å². The molecule has 0 saturated carbocycles. The Labute approximate surface area is 122 Å². The molecule has 0 saturated heterocycles. The number of benzene rings is 2. The van der Waals surface area contributed by atoms with E-state index >= 15 is 0 Å². The Morgan fingerprint density at radius 3 is 2.00 bits per heavy atom. The molecule has 2 rings (SSSR count). The molecule has 106 valence electrons. The van der Waals surface area contributed by atoms with Gasteiger partial charge in [0.1, 0.15) is 0 Å². The molecule has 20 heavy (non-hydrogen) atoms.